The summed E-state index contributed by atoms with van der Waals surface area (Å²) in [5.74, 6) is -0.938. The minimum Gasteiger partial charge on any atom is -0.504 e. The molecule has 0 amide bonds. The van der Waals surface area contributed by atoms with Crippen molar-refractivity contribution in [2.75, 3.05) is 34.0 Å². The molecule has 20 heteroatoms. The van der Waals surface area contributed by atoms with Crippen LogP contribution in [0.2, 0.25) is 0 Å². The SMILES string of the molecule is COc1ccc(CCO[C@@H]2O[C@H](CO[C@@H]3O[C@H](CO)[C@H](O)[C@H](O)[C@H]3O)[C@@H](OC(=O)C=Cc3ccc(O)c(OC)c3)[C@H](O[C@@H]3O[C@@H](C)[C@H](O)[C@@H](O)[C@@H]3O)[C@H]2O)cc1O. The zero-order chi connectivity index (χ0) is 41.6. The summed E-state index contributed by atoms with van der Waals surface area (Å²) in [5, 5.41) is 104. The maximum absolute atomic E-state index is 13.4. The number of hydrogen-bond acceptors (Lipinski definition) is 20. The van der Waals surface area contributed by atoms with E-state index in [0.29, 0.717) is 11.1 Å². The maximum Gasteiger partial charge on any atom is 0.331 e. The molecule has 3 saturated heterocycles. The molecule has 0 unspecified atom stereocenters. The van der Waals surface area contributed by atoms with Gasteiger partial charge in [-0.25, -0.2) is 4.79 Å². The Morgan fingerprint density at radius 2 is 1.37 bits per heavy atom. The van der Waals surface area contributed by atoms with Crippen molar-refractivity contribution in [3.8, 4) is 23.0 Å². The second kappa shape index (κ2) is 19.8. The second-order valence-corrected chi connectivity index (χ2v) is 13.6. The lowest BCUT2D eigenvalue weighted by molar-refractivity contribution is -0.364. The summed E-state index contributed by atoms with van der Waals surface area (Å²) < 4.78 is 50.8. The highest BCUT2D eigenvalue weighted by molar-refractivity contribution is 5.87. The summed E-state index contributed by atoms with van der Waals surface area (Å²) in [4.78, 5) is 13.4. The van der Waals surface area contributed by atoms with Crippen LogP contribution in [0.1, 0.15) is 18.1 Å². The van der Waals surface area contributed by atoms with Gasteiger partial charge in [-0.2, -0.15) is 0 Å². The zero-order valence-corrected chi connectivity index (χ0v) is 31.2. The van der Waals surface area contributed by atoms with Crippen LogP contribution < -0.4 is 9.47 Å². The van der Waals surface area contributed by atoms with Crippen LogP contribution in [0.25, 0.3) is 6.08 Å². The fourth-order valence-corrected chi connectivity index (χ4v) is 6.46. The lowest BCUT2D eigenvalue weighted by Gasteiger charge is -2.47. The highest BCUT2D eigenvalue weighted by atomic mass is 16.8. The quantitative estimate of drug-likeness (QED) is 0.0652. The highest BCUT2D eigenvalue weighted by Crippen LogP contribution is 2.33. The molecule has 15 atom stereocenters. The molecule has 0 aliphatic carbocycles. The summed E-state index contributed by atoms with van der Waals surface area (Å²) >= 11 is 0. The number of aliphatic hydroxyl groups is 8. The first-order chi connectivity index (χ1) is 27.2. The molecule has 0 bridgehead atoms. The van der Waals surface area contributed by atoms with Gasteiger partial charge in [0.05, 0.1) is 40.1 Å². The van der Waals surface area contributed by atoms with Crippen LogP contribution in [0.15, 0.2) is 42.5 Å². The van der Waals surface area contributed by atoms with Gasteiger partial charge in [0, 0.05) is 6.08 Å². The first kappa shape index (κ1) is 44.4. The molecule has 5 rings (SSSR count). The molecule has 3 heterocycles. The molecule has 57 heavy (non-hydrogen) atoms. The van der Waals surface area contributed by atoms with E-state index in [1.807, 2.05) is 0 Å². The van der Waals surface area contributed by atoms with E-state index in [4.69, 9.17) is 42.6 Å². The molecule has 0 radical (unpaired) electrons. The van der Waals surface area contributed by atoms with Gasteiger partial charge in [0.1, 0.15) is 61.0 Å². The van der Waals surface area contributed by atoms with E-state index >= 15 is 0 Å². The van der Waals surface area contributed by atoms with Gasteiger partial charge in [0.2, 0.25) is 0 Å². The Labute approximate surface area is 326 Å². The molecule has 318 valence electrons. The molecule has 0 aromatic heterocycles. The number of aliphatic hydroxyl groups excluding tert-OH is 8. The van der Waals surface area contributed by atoms with Crippen molar-refractivity contribution in [1.29, 1.82) is 0 Å². The largest absolute Gasteiger partial charge is 0.504 e. The minimum absolute atomic E-state index is 0.121. The fourth-order valence-electron chi connectivity index (χ4n) is 6.46. The standard InChI is InChI=1S/C37H50O20/c1-16-26(42)28(44)31(47)37(53-16)57-34-32(48)36(51-11-10-18-5-8-21(49-2)20(40)12-18)55-24(15-52-35-30(46)29(45)27(43)23(14-38)54-35)33(34)56-25(41)9-6-17-4-7-19(39)22(13-17)50-3/h4-9,12-13,16,23-24,26-40,42-48H,10-11,14-15H2,1-3H3/t16-,23+,24+,26-,27-,28+,29-,30+,31-,32+,33+,34+,35+,36+,37-/m0/s1. The Kier molecular flexibility index (Phi) is 15.4. The molecule has 3 fully saturated rings. The topological polar surface area (TPSA) is 302 Å². The van der Waals surface area contributed by atoms with Crippen molar-refractivity contribution in [2.45, 2.75) is 105 Å². The van der Waals surface area contributed by atoms with Gasteiger partial charge < -0.3 is 93.7 Å². The van der Waals surface area contributed by atoms with Crippen molar-refractivity contribution >= 4 is 12.0 Å². The molecule has 3 aliphatic heterocycles. The lowest BCUT2D eigenvalue weighted by Crippen LogP contribution is -2.65. The van der Waals surface area contributed by atoms with E-state index < -0.39 is 111 Å². The van der Waals surface area contributed by atoms with Crippen LogP contribution in [0.4, 0.5) is 0 Å². The number of methoxy groups -OCH3 is 2. The Hall–Kier alpha value is -3.71. The van der Waals surface area contributed by atoms with Gasteiger partial charge in [-0.15, -0.1) is 0 Å². The molecule has 0 spiro atoms. The number of rotatable bonds is 15. The van der Waals surface area contributed by atoms with Crippen molar-refractivity contribution in [1.82, 2.24) is 0 Å². The number of esters is 1. The van der Waals surface area contributed by atoms with Crippen LogP contribution in [-0.4, -0.2) is 183 Å². The van der Waals surface area contributed by atoms with E-state index in [1.54, 1.807) is 12.1 Å². The Bertz CT molecular complexity index is 1640. The highest BCUT2D eigenvalue weighted by Gasteiger charge is 2.53. The van der Waals surface area contributed by atoms with Gasteiger partial charge in [-0.3, -0.25) is 0 Å². The number of phenolic OH excluding ortho intramolecular Hbond substituents is 2. The Balaban J connectivity index is 1.44. The predicted octanol–water partition coefficient (Wildman–Crippen LogP) is -2.59. The van der Waals surface area contributed by atoms with Crippen LogP contribution in [0.5, 0.6) is 23.0 Å². The average molecular weight is 815 g/mol. The third-order valence-corrected chi connectivity index (χ3v) is 9.77. The minimum atomic E-state index is -1.86. The average Bonchev–Trinajstić information content (AvgIpc) is 3.20. The fraction of sp³-hybridized carbons (Fsp3) is 0.595. The van der Waals surface area contributed by atoms with Gasteiger partial charge in [0.15, 0.2) is 48.0 Å². The van der Waals surface area contributed by atoms with E-state index in [1.165, 1.54) is 51.5 Å². The lowest BCUT2D eigenvalue weighted by atomic mass is 9.96. The first-order valence-corrected chi connectivity index (χ1v) is 18.0. The maximum atomic E-state index is 13.4. The molecule has 3 aliphatic rings. The molecule has 2 aromatic rings. The van der Waals surface area contributed by atoms with Crippen molar-refractivity contribution in [2.24, 2.45) is 0 Å². The molecule has 2 aromatic carbocycles. The smallest absolute Gasteiger partial charge is 0.331 e. The number of phenols is 2. The van der Waals surface area contributed by atoms with Gasteiger partial charge in [-0.1, -0.05) is 12.1 Å². The molecular formula is C37H50O20. The summed E-state index contributed by atoms with van der Waals surface area (Å²) in [6.07, 6.45) is -22.0. The van der Waals surface area contributed by atoms with Crippen LogP contribution in [-0.2, 0) is 44.4 Å². The number of aromatic hydroxyl groups is 2. The van der Waals surface area contributed by atoms with Gasteiger partial charge in [0.25, 0.3) is 0 Å². The first-order valence-electron chi connectivity index (χ1n) is 18.0. The van der Waals surface area contributed by atoms with E-state index in [-0.39, 0.29) is 36.0 Å². The summed E-state index contributed by atoms with van der Waals surface area (Å²) in [5.41, 5.74) is 1.02. The number of hydrogen-bond donors (Lipinski definition) is 10. The van der Waals surface area contributed by atoms with Crippen LogP contribution in [0.3, 0.4) is 0 Å². The number of benzene rings is 2. The third-order valence-electron chi connectivity index (χ3n) is 9.77. The van der Waals surface area contributed by atoms with E-state index in [2.05, 4.69) is 0 Å². The van der Waals surface area contributed by atoms with Gasteiger partial charge in [-0.05, 0) is 54.8 Å². The van der Waals surface area contributed by atoms with Gasteiger partial charge >= 0.3 is 5.97 Å². The normalized spacial score (nSPS) is 35.9. The Morgan fingerprint density at radius 1 is 0.702 bits per heavy atom. The molecule has 0 saturated carbocycles. The summed E-state index contributed by atoms with van der Waals surface area (Å²) in [7, 11) is 2.73. The summed E-state index contributed by atoms with van der Waals surface area (Å²) in [6, 6.07) is 8.92. The third kappa shape index (κ3) is 10.5. The van der Waals surface area contributed by atoms with Crippen molar-refractivity contribution < 1.29 is 98.5 Å². The molecular weight excluding hydrogens is 764 g/mol. The summed E-state index contributed by atoms with van der Waals surface area (Å²) in [6.45, 7) is -0.132. The van der Waals surface area contributed by atoms with Crippen LogP contribution in [0, 0.1) is 0 Å². The zero-order valence-electron chi connectivity index (χ0n) is 31.2. The van der Waals surface area contributed by atoms with Crippen LogP contribution >= 0.6 is 0 Å². The number of ether oxygens (including phenoxy) is 9. The van der Waals surface area contributed by atoms with Crippen molar-refractivity contribution in [3.63, 3.8) is 0 Å². The Morgan fingerprint density at radius 3 is 2.05 bits per heavy atom. The van der Waals surface area contributed by atoms with E-state index in [0.717, 1.165) is 6.08 Å². The molecule has 20 nitrogen and oxygen atoms in total. The monoisotopic (exact) mass is 814 g/mol. The number of carbonyl (C=O) groups excluding carboxylic acids is 1. The predicted molar refractivity (Wildman–Crippen MR) is 190 cm³/mol. The molecule has 10 N–H and O–H groups in total. The number of carbonyl (C=O) groups is 1. The van der Waals surface area contributed by atoms with Crippen molar-refractivity contribution in [3.05, 3.63) is 53.6 Å². The van der Waals surface area contributed by atoms with E-state index in [9.17, 15) is 55.9 Å². The second-order valence-electron chi connectivity index (χ2n) is 13.6.